The Kier molecular flexibility index (Phi) is 12.3. The Bertz CT molecular complexity index is 778. The first-order valence-corrected chi connectivity index (χ1v) is 11.4. The van der Waals surface area contributed by atoms with Crippen molar-refractivity contribution in [2.75, 3.05) is 38.0 Å². The third-order valence-corrected chi connectivity index (χ3v) is 5.18. The number of benzene rings is 2. The molecule has 0 N–H and O–H groups in total. The highest BCUT2D eigenvalue weighted by molar-refractivity contribution is 5.96. The van der Waals surface area contributed by atoms with Crippen LogP contribution in [0.3, 0.4) is 0 Å². The van der Waals surface area contributed by atoms with Crippen LogP contribution in [0.2, 0.25) is 0 Å². The van der Waals surface area contributed by atoms with Gasteiger partial charge in [0, 0.05) is 63.5 Å². The van der Waals surface area contributed by atoms with Crippen molar-refractivity contribution in [2.45, 2.75) is 58.8 Å². The number of hydrogen-bond donors (Lipinski definition) is 0. The topological polar surface area (TPSA) is 40.6 Å². The molecular weight excluding hydrogens is 384 g/mol. The van der Waals surface area contributed by atoms with E-state index in [0.29, 0.717) is 12.8 Å². The average molecular weight is 425 g/mol. The van der Waals surface area contributed by atoms with E-state index in [0.717, 1.165) is 54.6 Å². The highest BCUT2D eigenvalue weighted by atomic mass is 16.1. The molecule has 0 saturated carbocycles. The summed E-state index contributed by atoms with van der Waals surface area (Å²) in [7, 11) is 7.98. The number of ketones is 2. The molecule has 4 heteroatoms. The zero-order chi connectivity index (χ0) is 23.2. The Morgan fingerprint density at radius 1 is 0.581 bits per heavy atom. The summed E-state index contributed by atoms with van der Waals surface area (Å²) in [4.78, 5) is 27.5. The van der Waals surface area contributed by atoms with E-state index >= 15 is 0 Å². The van der Waals surface area contributed by atoms with Gasteiger partial charge in [0.25, 0.3) is 0 Å². The Hall–Kier alpha value is -2.62. The lowest BCUT2D eigenvalue weighted by Crippen LogP contribution is -2.08. The second-order valence-corrected chi connectivity index (χ2v) is 8.29. The average Bonchev–Trinajstić information content (AvgIpc) is 2.78. The molecule has 170 valence electrons. The fourth-order valence-electron chi connectivity index (χ4n) is 3.05. The van der Waals surface area contributed by atoms with Gasteiger partial charge in [0.05, 0.1) is 0 Å². The minimum absolute atomic E-state index is 0.252. The van der Waals surface area contributed by atoms with E-state index in [1.54, 1.807) is 0 Å². The van der Waals surface area contributed by atoms with Crippen LogP contribution in [0, 0.1) is 0 Å². The lowest BCUT2D eigenvalue weighted by molar-refractivity contribution is 0.0971. The van der Waals surface area contributed by atoms with Crippen LogP contribution < -0.4 is 9.80 Å². The molecule has 0 aliphatic rings. The second-order valence-electron chi connectivity index (χ2n) is 8.29. The summed E-state index contributed by atoms with van der Waals surface area (Å²) in [5.74, 6) is 0.515. The number of rotatable bonds is 11. The fraction of sp³-hybridized carbons (Fsp3) is 0.481. The molecule has 0 amide bonds. The van der Waals surface area contributed by atoms with Crippen molar-refractivity contribution in [3.05, 3.63) is 59.7 Å². The van der Waals surface area contributed by atoms with E-state index in [4.69, 9.17) is 0 Å². The van der Waals surface area contributed by atoms with Gasteiger partial charge in [-0.1, -0.05) is 33.1 Å². The van der Waals surface area contributed by atoms with E-state index in [2.05, 4.69) is 13.8 Å². The SMILES string of the molecule is CCCCC(=O)c1ccc(N(C)C)cc1.CCCCCC(=O)c1ccc(N(C)C)cc1. The first-order valence-electron chi connectivity index (χ1n) is 11.4. The lowest BCUT2D eigenvalue weighted by Gasteiger charge is -2.12. The minimum Gasteiger partial charge on any atom is -0.378 e. The molecule has 0 aliphatic carbocycles. The van der Waals surface area contributed by atoms with Gasteiger partial charge in [0.15, 0.2) is 11.6 Å². The molecule has 0 unspecified atom stereocenters. The number of nitrogens with zero attached hydrogens (tertiary/aromatic N) is 2. The molecular formula is C27H40N2O2. The second kappa shape index (κ2) is 14.4. The normalized spacial score (nSPS) is 10.1. The van der Waals surface area contributed by atoms with Crippen molar-refractivity contribution in [1.29, 1.82) is 0 Å². The molecule has 0 bridgehead atoms. The molecule has 31 heavy (non-hydrogen) atoms. The molecule has 0 aliphatic heterocycles. The minimum atomic E-state index is 0.252. The number of Topliss-reactive ketones (excluding diaryl/α,β-unsaturated/α-hetero) is 2. The number of carbonyl (C=O) groups is 2. The van der Waals surface area contributed by atoms with E-state index in [1.165, 1.54) is 0 Å². The van der Waals surface area contributed by atoms with Gasteiger partial charge in [-0.15, -0.1) is 0 Å². The fourth-order valence-corrected chi connectivity index (χ4v) is 3.05. The predicted molar refractivity (Wildman–Crippen MR) is 134 cm³/mol. The Balaban J connectivity index is 0.000000311. The van der Waals surface area contributed by atoms with E-state index in [-0.39, 0.29) is 11.6 Å². The van der Waals surface area contributed by atoms with Crippen molar-refractivity contribution in [1.82, 2.24) is 0 Å². The molecule has 0 heterocycles. The first-order chi connectivity index (χ1) is 14.8. The molecule has 4 nitrogen and oxygen atoms in total. The lowest BCUT2D eigenvalue weighted by atomic mass is 10.0. The van der Waals surface area contributed by atoms with Crippen LogP contribution in [0.5, 0.6) is 0 Å². The molecule has 2 rings (SSSR count). The standard InChI is InChI=1S/C14H21NO.C13H19NO/c1-4-5-6-7-14(16)12-8-10-13(11-9-12)15(2)3;1-4-5-6-13(15)11-7-9-12(10-8-11)14(2)3/h8-11H,4-7H2,1-3H3;7-10H,4-6H2,1-3H3. The maximum absolute atomic E-state index is 11.8. The van der Waals surface area contributed by atoms with E-state index in [9.17, 15) is 9.59 Å². The van der Waals surface area contributed by atoms with Gasteiger partial charge in [-0.25, -0.2) is 0 Å². The van der Waals surface area contributed by atoms with Crippen LogP contribution in [0.15, 0.2) is 48.5 Å². The molecule has 2 aromatic carbocycles. The maximum Gasteiger partial charge on any atom is 0.162 e. The summed E-state index contributed by atoms with van der Waals surface area (Å²) in [6, 6.07) is 15.6. The number of hydrogen-bond acceptors (Lipinski definition) is 4. The van der Waals surface area contributed by atoms with Crippen LogP contribution >= 0.6 is 0 Å². The largest absolute Gasteiger partial charge is 0.378 e. The molecule has 0 radical (unpaired) electrons. The van der Waals surface area contributed by atoms with Crippen LogP contribution in [0.4, 0.5) is 11.4 Å². The van der Waals surface area contributed by atoms with Crippen LogP contribution in [-0.4, -0.2) is 39.8 Å². The highest BCUT2D eigenvalue weighted by Crippen LogP contribution is 2.15. The summed E-state index contributed by atoms with van der Waals surface area (Å²) in [5.41, 5.74) is 3.92. The number of unbranched alkanes of at least 4 members (excludes halogenated alkanes) is 3. The third-order valence-electron chi connectivity index (χ3n) is 5.18. The third kappa shape index (κ3) is 9.82. The number of anilines is 2. The molecule has 0 atom stereocenters. The quantitative estimate of drug-likeness (QED) is 0.299. The summed E-state index contributed by atoms with van der Waals surface area (Å²) in [6.07, 6.45) is 6.70. The van der Waals surface area contributed by atoms with Gasteiger partial charge in [0.2, 0.25) is 0 Å². The van der Waals surface area contributed by atoms with Crippen molar-refractivity contribution in [3.8, 4) is 0 Å². The van der Waals surface area contributed by atoms with Gasteiger partial charge in [-0.2, -0.15) is 0 Å². The smallest absolute Gasteiger partial charge is 0.162 e. The maximum atomic E-state index is 11.8. The Labute approximate surface area is 189 Å². The highest BCUT2D eigenvalue weighted by Gasteiger charge is 2.06. The molecule has 0 saturated heterocycles. The Morgan fingerprint density at radius 2 is 0.935 bits per heavy atom. The van der Waals surface area contributed by atoms with Crippen molar-refractivity contribution in [3.63, 3.8) is 0 Å². The van der Waals surface area contributed by atoms with Gasteiger partial charge >= 0.3 is 0 Å². The first kappa shape index (κ1) is 26.4. The molecule has 0 fully saturated rings. The van der Waals surface area contributed by atoms with Crippen LogP contribution in [0.1, 0.15) is 79.5 Å². The van der Waals surface area contributed by atoms with Crippen LogP contribution in [0.25, 0.3) is 0 Å². The Morgan fingerprint density at radius 3 is 1.26 bits per heavy atom. The molecule has 0 aromatic heterocycles. The number of carbonyl (C=O) groups excluding carboxylic acids is 2. The van der Waals surface area contributed by atoms with Gasteiger partial charge in [-0.3, -0.25) is 9.59 Å². The molecule has 2 aromatic rings. The zero-order valence-electron chi connectivity index (χ0n) is 20.3. The summed E-state index contributed by atoms with van der Waals surface area (Å²) in [6.45, 7) is 4.25. The van der Waals surface area contributed by atoms with Gasteiger partial charge in [0.1, 0.15) is 0 Å². The van der Waals surface area contributed by atoms with E-state index < -0.39 is 0 Å². The van der Waals surface area contributed by atoms with Gasteiger partial charge < -0.3 is 9.80 Å². The summed E-state index contributed by atoms with van der Waals surface area (Å²) >= 11 is 0. The van der Waals surface area contributed by atoms with E-state index in [1.807, 2.05) is 86.5 Å². The van der Waals surface area contributed by atoms with Gasteiger partial charge in [-0.05, 0) is 61.4 Å². The monoisotopic (exact) mass is 424 g/mol. The van der Waals surface area contributed by atoms with Crippen molar-refractivity contribution >= 4 is 22.9 Å². The molecule has 0 spiro atoms. The zero-order valence-corrected chi connectivity index (χ0v) is 20.3. The predicted octanol–water partition coefficient (Wildman–Crippen LogP) is 6.64. The summed E-state index contributed by atoms with van der Waals surface area (Å²) in [5, 5.41) is 0. The summed E-state index contributed by atoms with van der Waals surface area (Å²) < 4.78 is 0. The van der Waals surface area contributed by atoms with Crippen molar-refractivity contribution in [2.24, 2.45) is 0 Å². The van der Waals surface area contributed by atoms with Crippen molar-refractivity contribution < 1.29 is 9.59 Å². The van der Waals surface area contributed by atoms with Crippen LogP contribution in [-0.2, 0) is 0 Å².